The zero-order chi connectivity index (χ0) is 25.8. The summed E-state index contributed by atoms with van der Waals surface area (Å²) in [6, 6.07) is 34.0. The Morgan fingerprint density at radius 2 is 1.22 bits per heavy atom. The molecule has 1 heterocycles. The lowest BCUT2D eigenvalue weighted by Gasteiger charge is -2.50. The first-order chi connectivity index (χ1) is 17.8. The number of fused-ring (bicyclic) bond motifs is 3. The Hall–Kier alpha value is -3.52. The Bertz CT molecular complexity index is 1390. The molecule has 37 heavy (non-hydrogen) atoms. The quantitative estimate of drug-likeness (QED) is 0.283. The van der Waals surface area contributed by atoms with E-state index in [0.717, 1.165) is 0 Å². The molecule has 6 rings (SSSR count). The average Bonchev–Trinajstić information content (AvgIpc) is 3.10. The van der Waals surface area contributed by atoms with Crippen molar-refractivity contribution in [1.82, 2.24) is 0 Å². The number of nitrogens with zero attached hydrogens (tertiary/aromatic N) is 2. The van der Waals surface area contributed by atoms with Crippen LogP contribution in [0.4, 0.5) is 28.4 Å². The van der Waals surface area contributed by atoms with Crippen molar-refractivity contribution in [3.05, 3.63) is 113 Å². The van der Waals surface area contributed by atoms with Crippen LogP contribution in [0.2, 0.25) is 0 Å². The highest BCUT2D eigenvalue weighted by atomic mass is 15.3. The zero-order valence-electron chi connectivity index (χ0n) is 22.9. The fraction of sp³-hybridized carbons (Fsp3) is 0.314. The maximum Gasteiger partial charge on any atom is 0.0517 e. The van der Waals surface area contributed by atoms with Gasteiger partial charge >= 0.3 is 0 Å². The van der Waals surface area contributed by atoms with Crippen molar-refractivity contribution >= 4 is 28.4 Å². The SMILES string of the molecule is Cc1ccc(N(c2ccc(C)cc2)c2cc(C)cc(N3c4ccccc4C4(C)CCCCC34C)c2)cc1. The van der Waals surface area contributed by atoms with Crippen LogP contribution in [0.5, 0.6) is 0 Å². The summed E-state index contributed by atoms with van der Waals surface area (Å²) in [5, 5.41) is 0. The molecule has 2 unspecified atom stereocenters. The highest BCUT2D eigenvalue weighted by Gasteiger charge is 2.57. The van der Waals surface area contributed by atoms with Crippen LogP contribution in [0.25, 0.3) is 0 Å². The van der Waals surface area contributed by atoms with Gasteiger partial charge < -0.3 is 9.80 Å². The molecule has 2 heteroatoms. The zero-order valence-corrected chi connectivity index (χ0v) is 22.9. The molecule has 1 fully saturated rings. The van der Waals surface area contributed by atoms with Crippen LogP contribution in [-0.2, 0) is 5.41 Å². The molecule has 4 aromatic rings. The summed E-state index contributed by atoms with van der Waals surface area (Å²) >= 11 is 0. The highest BCUT2D eigenvalue weighted by Crippen LogP contribution is 2.61. The number of benzene rings is 4. The van der Waals surface area contributed by atoms with Gasteiger partial charge in [-0.25, -0.2) is 0 Å². The third kappa shape index (κ3) is 3.77. The largest absolute Gasteiger partial charge is 0.334 e. The number of hydrogen-bond acceptors (Lipinski definition) is 2. The molecule has 0 bridgehead atoms. The number of rotatable bonds is 4. The molecule has 0 radical (unpaired) electrons. The van der Waals surface area contributed by atoms with Gasteiger partial charge in [0.15, 0.2) is 0 Å². The van der Waals surface area contributed by atoms with Gasteiger partial charge in [-0.3, -0.25) is 0 Å². The molecule has 0 N–H and O–H groups in total. The second-order valence-electron chi connectivity index (χ2n) is 11.7. The minimum atomic E-state index is 0.0541. The third-order valence-corrected chi connectivity index (χ3v) is 9.16. The van der Waals surface area contributed by atoms with Gasteiger partial charge in [-0.05, 0) is 100 Å². The van der Waals surface area contributed by atoms with Crippen molar-refractivity contribution in [3.8, 4) is 0 Å². The standard InChI is InChI=1S/C35H38N2/c1-25-12-16-28(17-13-25)36(29-18-14-26(2)15-19-29)30-22-27(3)23-31(24-30)37-33-11-7-6-10-32(33)34(4)20-8-9-21-35(34,37)5/h6-7,10-19,22-24H,8-9,20-21H2,1-5H3. The fourth-order valence-electron chi connectivity index (χ4n) is 6.94. The summed E-state index contributed by atoms with van der Waals surface area (Å²) in [5.74, 6) is 0. The number of anilines is 5. The monoisotopic (exact) mass is 486 g/mol. The second kappa shape index (κ2) is 8.80. The Morgan fingerprint density at radius 1 is 0.622 bits per heavy atom. The molecule has 188 valence electrons. The van der Waals surface area contributed by atoms with E-state index >= 15 is 0 Å². The van der Waals surface area contributed by atoms with E-state index in [1.54, 1.807) is 0 Å². The number of hydrogen-bond donors (Lipinski definition) is 0. The van der Waals surface area contributed by atoms with E-state index in [-0.39, 0.29) is 11.0 Å². The summed E-state index contributed by atoms with van der Waals surface area (Å²) in [6.07, 6.45) is 5.05. The predicted molar refractivity (Wildman–Crippen MR) is 158 cm³/mol. The summed E-state index contributed by atoms with van der Waals surface area (Å²) in [7, 11) is 0. The molecule has 1 saturated carbocycles. The molecular formula is C35H38N2. The lowest BCUT2D eigenvalue weighted by Crippen LogP contribution is -2.54. The molecule has 0 spiro atoms. The van der Waals surface area contributed by atoms with Crippen molar-refractivity contribution in [2.24, 2.45) is 0 Å². The van der Waals surface area contributed by atoms with Crippen molar-refractivity contribution < 1.29 is 0 Å². The van der Waals surface area contributed by atoms with Gasteiger partial charge in [0, 0.05) is 33.9 Å². The Kier molecular flexibility index (Phi) is 5.67. The van der Waals surface area contributed by atoms with Crippen molar-refractivity contribution in [1.29, 1.82) is 0 Å². The Labute approximate surface area is 222 Å². The van der Waals surface area contributed by atoms with Gasteiger partial charge in [0.1, 0.15) is 0 Å². The minimum Gasteiger partial charge on any atom is -0.334 e. The average molecular weight is 487 g/mol. The lowest BCUT2D eigenvalue weighted by molar-refractivity contribution is 0.195. The maximum atomic E-state index is 2.68. The molecular weight excluding hydrogens is 448 g/mol. The maximum absolute atomic E-state index is 2.68. The van der Waals surface area contributed by atoms with E-state index in [1.807, 2.05) is 0 Å². The predicted octanol–water partition coefficient (Wildman–Crippen LogP) is 9.82. The summed E-state index contributed by atoms with van der Waals surface area (Å²) in [5.41, 5.74) is 11.8. The van der Waals surface area contributed by atoms with E-state index in [2.05, 4.69) is 135 Å². The van der Waals surface area contributed by atoms with Gasteiger partial charge in [-0.2, -0.15) is 0 Å². The first-order valence-electron chi connectivity index (χ1n) is 13.8. The molecule has 0 aromatic heterocycles. The van der Waals surface area contributed by atoms with Gasteiger partial charge in [0.25, 0.3) is 0 Å². The van der Waals surface area contributed by atoms with E-state index in [0.29, 0.717) is 0 Å². The molecule has 4 aromatic carbocycles. The Balaban J connectivity index is 1.54. The first-order valence-corrected chi connectivity index (χ1v) is 13.8. The molecule has 0 amide bonds. The molecule has 2 nitrogen and oxygen atoms in total. The van der Waals surface area contributed by atoms with E-state index in [1.165, 1.54) is 76.4 Å². The number of aryl methyl sites for hydroxylation is 3. The van der Waals surface area contributed by atoms with Gasteiger partial charge in [-0.15, -0.1) is 0 Å². The third-order valence-electron chi connectivity index (χ3n) is 9.16. The Morgan fingerprint density at radius 3 is 1.86 bits per heavy atom. The summed E-state index contributed by atoms with van der Waals surface area (Å²) < 4.78 is 0. The molecule has 2 aliphatic rings. The summed E-state index contributed by atoms with van der Waals surface area (Å²) in [4.78, 5) is 5.08. The van der Waals surface area contributed by atoms with Crippen LogP contribution in [0.3, 0.4) is 0 Å². The first kappa shape index (κ1) is 23.9. The minimum absolute atomic E-state index is 0.0541. The summed E-state index contributed by atoms with van der Waals surface area (Å²) in [6.45, 7) is 11.5. The van der Waals surface area contributed by atoms with Crippen LogP contribution < -0.4 is 9.80 Å². The van der Waals surface area contributed by atoms with Gasteiger partial charge in [0.05, 0.1) is 5.54 Å². The van der Waals surface area contributed by atoms with Crippen molar-refractivity contribution in [2.45, 2.75) is 71.3 Å². The smallest absolute Gasteiger partial charge is 0.0517 e. The fourth-order valence-corrected chi connectivity index (χ4v) is 6.94. The molecule has 1 aliphatic carbocycles. The van der Waals surface area contributed by atoms with Crippen LogP contribution in [0.1, 0.15) is 61.8 Å². The second-order valence-corrected chi connectivity index (χ2v) is 11.7. The van der Waals surface area contributed by atoms with Crippen LogP contribution in [0, 0.1) is 20.8 Å². The van der Waals surface area contributed by atoms with Gasteiger partial charge in [-0.1, -0.05) is 73.4 Å². The molecule has 1 aliphatic heterocycles. The lowest BCUT2D eigenvalue weighted by atomic mass is 9.61. The highest BCUT2D eigenvalue weighted by molar-refractivity contribution is 5.83. The van der Waals surface area contributed by atoms with E-state index in [4.69, 9.17) is 0 Å². The topological polar surface area (TPSA) is 6.48 Å². The molecule has 2 atom stereocenters. The van der Waals surface area contributed by atoms with E-state index in [9.17, 15) is 0 Å². The van der Waals surface area contributed by atoms with Crippen molar-refractivity contribution in [3.63, 3.8) is 0 Å². The van der Waals surface area contributed by atoms with Gasteiger partial charge in [0.2, 0.25) is 0 Å². The van der Waals surface area contributed by atoms with Crippen LogP contribution in [-0.4, -0.2) is 5.54 Å². The van der Waals surface area contributed by atoms with Crippen LogP contribution in [0.15, 0.2) is 91.0 Å². The molecule has 0 saturated heterocycles. The van der Waals surface area contributed by atoms with Crippen molar-refractivity contribution in [2.75, 3.05) is 9.80 Å². The van der Waals surface area contributed by atoms with Crippen LogP contribution >= 0.6 is 0 Å². The normalized spacial score (nSPS) is 22.5. The van der Waals surface area contributed by atoms with E-state index < -0.39 is 0 Å². The number of para-hydroxylation sites is 1.